The highest BCUT2D eigenvalue weighted by atomic mass is 16.5. The minimum atomic E-state index is -0.300. The topological polar surface area (TPSA) is 95.0 Å². The van der Waals surface area contributed by atoms with Gasteiger partial charge in [-0.1, -0.05) is 38.8 Å². The van der Waals surface area contributed by atoms with Gasteiger partial charge < -0.3 is 18.9 Å². The first-order valence-corrected chi connectivity index (χ1v) is 21.5. The molecule has 9 heterocycles. The smallest absolute Gasteiger partial charge is 0.242 e. The molecule has 0 N–H and O–H groups in total. The molecule has 6 aromatic rings. The molecule has 6 aliphatic heterocycles. The van der Waals surface area contributed by atoms with Gasteiger partial charge in [0.15, 0.2) is 0 Å². The Kier molecular flexibility index (Phi) is 10.0. The highest BCUT2D eigenvalue weighted by Crippen LogP contribution is 2.47. The molecule has 6 aliphatic rings. The van der Waals surface area contributed by atoms with Gasteiger partial charge in [-0.25, -0.2) is 0 Å². The summed E-state index contributed by atoms with van der Waals surface area (Å²) in [5.41, 5.74) is 4.01. The van der Waals surface area contributed by atoms with Crippen LogP contribution in [0.1, 0.15) is 75.7 Å². The van der Waals surface area contributed by atoms with Gasteiger partial charge in [0, 0.05) is 47.4 Å². The summed E-state index contributed by atoms with van der Waals surface area (Å²) < 4.78 is 26.0. The van der Waals surface area contributed by atoms with E-state index in [1.54, 1.807) is 14.2 Å². The van der Waals surface area contributed by atoms with Crippen LogP contribution in [0.15, 0.2) is 85.2 Å². The van der Waals surface area contributed by atoms with Crippen LogP contribution in [0.3, 0.4) is 0 Å². The van der Waals surface area contributed by atoms with Crippen LogP contribution in [-0.2, 0) is 0 Å². The molecule has 6 saturated heterocycles. The minimum absolute atomic E-state index is 0.180. The standard InChI is InChI=1S/C48H54N6O4/c1-5-29-27-53-21-17-31(29)23-43(53)45(35-15-19-49-41-13-11-33(55-3)25-39(35)41)57-47-37-9-7-8-10-38(37)48(52-51-47)58-46(44-24-32-18-22-54(44)28-30(32)6-2)36-16-20-50-42-14-12-34(56-4)26-40(36)42/h7-16,19-20,25-26,29-32,43-46H,5-6,17-18,21-24,27-28H2,1-4H3/t29?,30?,31-,32?,43-,44+,45+,46+/m0/s1. The lowest BCUT2D eigenvalue weighted by Crippen LogP contribution is -2.56. The number of ether oxygens (including phenoxy) is 4. The molecule has 3 aromatic heterocycles. The molecule has 6 fully saturated rings. The van der Waals surface area contributed by atoms with E-state index in [0.717, 1.165) is 94.2 Å². The largest absolute Gasteiger partial charge is 0.497 e. The molecular weight excluding hydrogens is 725 g/mol. The molecule has 12 rings (SSSR count). The highest BCUT2D eigenvalue weighted by molar-refractivity contribution is 5.91. The Hall–Kier alpha value is -5.06. The summed E-state index contributed by atoms with van der Waals surface area (Å²) in [6.07, 6.45) is 10.2. The third kappa shape index (κ3) is 6.58. The number of piperidine rings is 6. The zero-order chi connectivity index (χ0) is 39.3. The van der Waals surface area contributed by atoms with E-state index >= 15 is 0 Å². The molecule has 10 heteroatoms. The molecule has 0 spiro atoms. The summed E-state index contributed by atoms with van der Waals surface area (Å²) in [5.74, 6) is 5.39. The van der Waals surface area contributed by atoms with E-state index < -0.39 is 0 Å². The molecule has 0 aliphatic carbocycles. The van der Waals surface area contributed by atoms with Gasteiger partial charge in [0.25, 0.3) is 0 Å². The van der Waals surface area contributed by atoms with E-state index in [1.807, 2.05) is 36.7 Å². The van der Waals surface area contributed by atoms with Crippen LogP contribution >= 0.6 is 0 Å². The first-order chi connectivity index (χ1) is 28.5. The average molecular weight is 779 g/mol. The van der Waals surface area contributed by atoms with E-state index in [0.29, 0.717) is 35.4 Å². The molecule has 3 aromatic carbocycles. The lowest BCUT2D eigenvalue weighted by atomic mass is 9.72. The van der Waals surface area contributed by atoms with Gasteiger partial charge >= 0.3 is 0 Å². The van der Waals surface area contributed by atoms with Crippen LogP contribution in [0.25, 0.3) is 32.6 Å². The Morgan fingerprint density at radius 1 is 0.603 bits per heavy atom. The zero-order valence-electron chi connectivity index (χ0n) is 34.1. The summed E-state index contributed by atoms with van der Waals surface area (Å²) in [6, 6.07) is 25.1. The highest BCUT2D eigenvalue weighted by Gasteiger charge is 2.46. The SMILES string of the molecule is CCC1CN2CCC1C[C@@H]2[C@H](Oc1nnc(O[C@H](c2ccnc3ccc(OC)cc23)[C@@H]2C[C@@H]3CCN2CC3CC)c2ccccc12)c1ccnc2ccc(OC)cc12. The maximum atomic E-state index is 7.30. The van der Waals surface area contributed by atoms with Crippen molar-refractivity contribution in [2.75, 3.05) is 40.4 Å². The van der Waals surface area contributed by atoms with E-state index in [-0.39, 0.29) is 24.3 Å². The first-order valence-electron chi connectivity index (χ1n) is 21.5. The van der Waals surface area contributed by atoms with Crippen molar-refractivity contribution in [2.45, 2.75) is 76.7 Å². The van der Waals surface area contributed by atoms with Crippen molar-refractivity contribution in [3.63, 3.8) is 0 Å². The number of pyridine rings is 2. The summed E-state index contributed by atoms with van der Waals surface area (Å²) in [4.78, 5) is 14.8. The lowest BCUT2D eigenvalue weighted by molar-refractivity contribution is -0.0505. The molecule has 5 unspecified atom stereocenters. The second-order valence-corrected chi connectivity index (χ2v) is 17.0. The monoisotopic (exact) mass is 778 g/mol. The first kappa shape index (κ1) is 37.2. The van der Waals surface area contributed by atoms with Gasteiger partial charge in [0.05, 0.1) is 48.1 Å². The van der Waals surface area contributed by atoms with Crippen molar-refractivity contribution in [3.05, 3.63) is 96.3 Å². The number of benzene rings is 3. The summed E-state index contributed by atoms with van der Waals surface area (Å²) >= 11 is 0. The lowest BCUT2D eigenvalue weighted by Gasteiger charge is -2.52. The normalized spacial score (nSPS) is 27.4. The summed E-state index contributed by atoms with van der Waals surface area (Å²) in [7, 11) is 3.42. The molecule has 0 radical (unpaired) electrons. The average Bonchev–Trinajstić information content (AvgIpc) is 3.29. The van der Waals surface area contributed by atoms with Crippen LogP contribution < -0.4 is 18.9 Å². The zero-order valence-corrected chi connectivity index (χ0v) is 34.1. The second kappa shape index (κ2) is 15.6. The van der Waals surface area contributed by atoms with Crippen LogP contribution in [-0.4, -0.2) is 82.4 Å². The fourth-order valence-corrected chi connectivity index (χ4v) is 11.1. The molecule has 0 amide bonds. The number of hydrogen-bond donors (Lipinski definition) is 0. The molecular formula is C48H54N6O4. The Balaban J connectivity index is 1.06. The maximum Gasteiger partial charge on any atom is 0.242 e. The van der Waals surface area contributed by atoms with E-state index in [1.165, 1.54) is 25.7 Å². The quantitative estimate of drug-likeness (QED) is 0.120. The molecule has 10 atom stereocenters. The molecule has 4 bridgehead atoms. The third-order valence-corrected chi connectivity index (χ3v) is 14.3. The fraction of sp³-hybridized carbons (Fsp3) is 0.458. The number of nitrogens with zero attached hydrogens (tertiary/aromatic N) is 6. The molecule has 10 nitrogen and oxygen atoms in total. The summed E-state index contributed by atoms with van der Waals surface area (Å²) in [5, 5.41) is 13.7. The van der Waals surface area contributed by atoms with Crippen molar-refractivity contribution in [3.8, 4) is 23.3 Å². The maximum absolute atomic E-state index is 7.30. The van der Waals surface area contributed by atoms with Crippen LogP contribution in [0.5, 0.6) is 23.3 Å². The Morgan fingerprint density at radius 2 is 1.07 bits per heavy atom. The van der Waals surface area contributed by atoms with Gasteiger partial charge in [-0.15, -0.1) is 10.2 Å². The van der Waals surface area contributed by atoms with Gasteiger partial charge in [-0.2, -0.15) is 0 Å². The molecule has 58 heavy (non-hydrogen) atoms. The fourth-order valence-electron chi connectivity index (χ4n) is 11.1. The number of hydrogen-bond acceptors (Lipinski definition) is 10. The van der Waals surface area contributed by atoms with E-state index in [9.17, 15) is 0 Å². The summed E-state index contributed by atoms with van der Waals surface area (Å²) in [6.45, 7) is 9.00. The predicted octanol–water partition coefficient (Wildman–Crippen LogP) is 9.22. The Bertz CT molecular complexity index is 2280. The molecule has 300 valence electrons. The molecule has 0 saturated carbocycles. The van der Waals surface area contributed by atoms with E-state index in [4.69, 9.17) is 39.1 Å². The third-order valence-electron chi connectivity index (χ3n) is 14.3. The number of rotatable bonds is 12. The number of methoxy groups -OCH3 is 2. The Labute approximate surface area is 340 Å². The predicted molar refractivity (Wildman–Crippen MR) is 227 cm³/mol. The van der Waals surface area contributed by atoms with Gasteiger partial charge in [0.1, 0.15) is 23.7 Å². The van der Waals surface area contributed by atoms with Crippen LogP contribution in [0, 0.1) is 23.7 Å². The number of aromatic nitrogens is 4. The van der Waals surface area contributed by atoms with Crippen molar-refractivity contribution >= 4 is 32.6 Å². The van der Waals surface area contributed by atoms with Crippen LogP contribution in [0.2, 0.25) is 0 Å². The van der Waals surface area contributed by atoms with Gasteiger partial charge in [-0.05, 0) is 123 Å². The van der Waals surface area contributed by atoms with E-state index in [2.05, 4.69) is 72.2 Å². The Morgan fingerprint density at radius 3 is 1.47 bits per heavy atom. The van der Waals surface area contributed by atoms with Crippen molar-refractivity contribution in [1.82, 2.24) is 30.0 Å². The minimum Gasteiger partial charge on any atom is -0.497 e. The number of fused-ring (bicyclic) bond motifs is 9. The van der Waals surface area contributed by atoms with Crippen molar-refractivity contribution < 1.29 is 18.9 Å². The van der Waals surface area contributed by atoms with Crippen LogP contribution in [0.4, 0.5) is 0 Å². The van der Waals surface area contributed by atoms with Gasteiger partial charge in [0.2, 0.25) is 11.8 Å². The van der Waals surface area contributed by atoms with Crippen molar-refractivity contribution in [1.29, 1.82) is 0 Å². The van der Waals surface area contributed by atoms with Gasteiger partial charge in [-0.3, -0.25) is 19.8 Å². The van der Waals surface area contributed by atoms with Crippen molar-refractivity contribution in [2.24, 2.45) is 23.7 Å². The second-order valence-electron chi connectivity index (χ2n) is 17.0.